The maximum Gasteiger partial charge on any atom is 0.260 e. The van der Waals surface area contributed by atoms with E-state index in [2.05, 4.69) is 20.1 Å². The molecular formula is C16H17N5O2. The maximum atomic E-state index is 10.8. The molecule has 1 aliphatic rings. The topological polar surface area (TPSA) is 88.2 Å². The number of anilines is 1. The Morgan fingerprint density at radius 1 is 1.26 bits per heavy atom. The average Bonchev–Trinajstić information content (AvgIpc) is 3.22. The molecule has 2 aromatic heterocycles. The summed E-state index contributed by atoms with van der Waals surface area (Å²) in [6, 6.07) is 7.73. The normalized spacial score (nSPS) is 21.2. The molecule has 0 bridgehead atoms. The molecule has 0 saturated carbocycles. The second-order valence-corrected chi connectivity index (χ2v) is 5.79. The molecule has 1 N–H and O–H groups in total. The van der Waals surface area contributed by atoms with Gasteiger partial charge < -0.3 is 14.5 Å². The van der Waals surface area contributed by atoms with Crippen LogP contribution in [0.3, 0.4) is 0 Å². The van der Waals surface area contributed by atoms with Crippen LogP contribution in [0, 0.1) is 0 Å². The molecule has 4 rings (SSSR count). The van der Waals surface area contributed by atoms with Crippen LogP contribution >= 0.6 is 0 Å². The molecule has 118 valence electrons. The van der Waals surface area contributed by atoms with Gasteiger partial charge in [0.05, 0.1) is 23.8 Å². The highest BCUT2D eigenvalue weighted by atomic mass is 16.5. The highest BCUT2D eigenvalue weighted by molar-refractivity contribution is 5.75. The number of hydrogen-bond donors (Lipinski definition) is 1. The Morgan fingerprint density at radius 3 is 2.87 bits per heavy atom. The standard InChI is InChI=1S/C16H17N5O2/c1-2-13-19-15(23-20-13)16(22)7-8-21(10-16)14-9-17-11-5-3-4-6-12(11)18-14/h3-6,9,22H,2,7-8,10H2,1H3. The lowest BCUT2D eigenvalue weighted by atomic mass is 10.0. The number of hydrogen-bond acceptors (Lipinski definition) is 7. The molecule has 1 saturated heterocycles. The third kappa shape index (κ3) is 2.43. The van der Waals surface area contributed by atoms with Crippen molar-refractivity contribution in [2.45, 2.75) is 25.4 Å². The van der Waals surface area contributed by atoms with Gasteiger partial charge >= 0.3 is 0 Å². The zero-order chi connectivity index (χ0) is 15.9. The highest BCUT2D eigenvalue weighted by Gasteiger charge is 2.43. The number of rotatable bonds is 3. The van der Waals surface area contributed by atoms with Crippen LogP contribution in [0.1, 0.15) is 25.1 Å². The summed E-state index contributed by atoms with van der Waals surface area (Å²) in [6.45, 7) is 2.98. The van der Waals surface area contributed by atoms with Crippen molar-refractivity contribution in [1.29, 1.82) is 0 Å². The van der Waals surface area contributed by atoms with E-state index < -0.39 is 5.60 Å². The zero-order valence-corrected chi connectivity index (χ0v) is 12.8. The van der Waals surface area contributed by atoms with E-state index in [4.69, 9.17) is 4.52 Å². The van der Waals surface area contributed by atoms with Crippen LogP contribution in [0.2, 0.25) is 0 Å². The predicted molar refractivity (Wildman–Crippen MR) is 83.9 cm³/mol. The maximum absolute atomic E-state index is 10.8. The van der Waals surface area contributed by atoms with Crippen LogP contribution in [0.4, 0.5) is 5.82 Å². The first-order valence-corrected chi connectivity index (χ1v) is 7.70. The minimum atomic E-state index is -1.13. The molecule has 1 unspecified atom stereocenters. The zero-order valence-electron chi connectivity index (χ0n) is 12.8. The Hall–Kier alpha value is -2.54. The molecule has 23 heavy (non-hydrogen) atoms. The van der Waals surface area contributed by atoms with E-state index >= 15 is 0 Å². The quantitative estimate of drug-likeness (QED) is 0.787. The van der Waals surface area contributed by atoms with Gasteiger partial charge in [-0.15, -0.1) is 0 Å². The molecule has 0 amide bonds. The number of benzene rings is 1. The highest BCUT2D eigenvalue weighted by Crippen LogP contribution is 2.33. The second-order valence-electron chi connectivity index (χ2n) is 5.79. The molecular weight excluding hydrogens is 294 g/mol. The summed E-state index contributed by atoms with van der Waals surface area (Å²) in [5.74, 6) is 1.64. The summed E-state index contributed by atoms with van der Waals surface area (Å²) in [5.41, 5.74) is 0.565. The van der Waals surface area contributed by atoms with Crippen molar-refractivity contribution in [3.05, 3.63) is 42.2 Å². The number of β-amino-alcohol motifs (C(OH)–C–C–N with tert-alkyl or cyclic N) is 1. The molecule has 7 heteroatoms. The Bertz CT molecular complexity index is 849. The molecule has 0 spiro atoms. The average molecular weight is 311 g/mol. The van der Waals surface area contributed by atoms with Crippen molar-refractivity contribution >= 4 is 16.9 Å². The Labute approximate surface area is 133 Å². The van der Waals surface area contributed by atoms with Gasteiger partial charge in [0.1, 0.15) is 5.82 Å². The van der Waals surface area contributed by atoms with Crippen molar-refractivity contribution < 1.29 is 9.63 Å². The number of para-hydroxylation sites is 2. The second kappa shape index (κ2) is 5.27. The number of fused-ring (bicyclic) bond motifs is 1. The van der Waals surface area contributed by atoms with Crippen LogP contribution in [-0.4, -0.2) is 38.3 Å². The lowest BCUT2D eigenvalue weighted by Gasteiger charge is -2.20. The van der Waals surface area contributed by atoms with Crippen molar-refractivity contribution in [1.82, 2.24) is 20.1 Å². The minimum Gasteiger partial charge on any atom is -0.378 e. The van der Waals surface area contributed by atoms with Gasteiger partial charge in [-0.25, -0.2) is 4.98 Å². The van der Waals surface area contributed by atoms with E-state index in [9.17, 15) is 5.11 Å². The fraction of sp³-hybridized carbons (Fsp3) is 0.375. The summed E-state index contributed by atoms with van der Waals surface area (Å²) >= 11 is 0. The molecule has 3 heterocycles. The van der Waals surface area contributed by atoms with Crippen LogP contribution in [0.15, 0.2) is 35.0 Å². The van der Waals surface area contributed by atoms with E-state index in [1.165, 1.54) is 0 Å². The number of aromatic nitrogens is 4. The monoisotopic (exact) mass is 311 g/mol. The minimum absolute atomic E-state index is 0.283. The van der Waals surface area contributed by atoms with Crippen molar-refractivity contribution in [3.8, 4) is 0 Å². The van der Waals surface area contributed by atoms with Gasteiger partial charge in [-0.05, 0) is 12.1 Å². The fourth-order valence-corrected chi connectivity index (χ4v) is 2.85. The van der Waals surface area contributed by atoms with Crippen LogP contribution in [0.5, 0.6) is 0 Å². The number of nitrogens with zero attached hydrogens (tertiary/aromatic N) is 5. The third-order valence-electron chi connectivity index (χ3n) is 4.19. The van der Waals surface area contributed by atoms with Crippen molar-refractivity contribution in [2.75, 3.05) is 18.0 Å². The number of aryl methyl sites for hydroxylation is 1. The molecule has 1 atom stereocenters. The molecule has 1 aromatic carbocycles. The van der Waals surface area contributed by atoms with Gasteiger partial charge in [-0.3, -0.25) is 4.98 Å². The largest absolute Gasteiger partial charge is 0.378 e. The van der Waals surface area contributed by atoms with Crippen LogP contribution in [0.25, 0.3) is 11.0 Å². The van der Waals surface area contributed by atoms with Crippen molar-refractivity contribution in [3.63, 3.8) is 0 Å². The van der Waals surface area contributed by atoms with Gasteiger partial charge in [-0.2, -0.15) is 4.98 Å². The van der Waals surface area contributed by atoms with Gasteiger partial charge in [0.15, 0.2) is 11.4 Å². The first-order valence-electron chi connectivity index (χ1n) is 7.70. The summed E-state index contributed by atoms with van der Waals surface area (Å²) in [6.07, 6.45) is 2.94. The molecule has 0 aliphatic carbocycles. The first kappa shape index (κ1) is 14.1. The molecule has 0 radical (unpaired) electrons. The summed E-state index contributed by atoms with van der Waals surface area (Å²) < 4.78 is 5.22. The van der Waals surface area contributed by atoms with Crippen LogP contribution in [-0.2, 0) is 12.0 Å². The van der Waals surface area contributed by atoms with E-state index in [1.807, 2.05) is 36.1 Å². The predicted octanol–water partition coefficient (Wildman–Crippen LogP) is 1.67. The van der Waals surface area contributed by atoms with Gasteiger partial charge in [0.2, 0.25) is 0 Å². The van der Waals surface area contributed by atoms with E-state index in [-0.39, 0.29) is 5.89 Å². The van der Waals surface area contributed by atoms with Gasteiger partial charge in [0, 0.05) is 19.4 Å². The molecule has 7 nitrogen and oxygen atoms in total. The molecule has 1 fully saturated rings. The summed E-state index contributed by atoms with van der Waals surface area (Å²) in [7, 11) is 0. The van der Waals surface area contributed by atoms with E-state index in [0.717, 1.165) is 16.9 Å². The lowest BCUT2D eigenvalue weighted by molar-refractivity contribution is 0.0259. The Kier molecular flexibility index (Phi) is 3.23. The number of aliphatic hydroxyl groups is 1. The third-order valence-corrected chi connectivity index (χ3v) is 4.19. The molecule has 1 aliphatic heterocycles. The van der Waals surface area contributed by atoms with E-state index in [1.54, 1.807) is 6.20 Å². The Morgan fingerprint density at radius 2 is 2.09 bits per heavy atom. The smallest absolute Gasteiger partial charge is 0.260 e. The van der Waals surface area contributed by atoms with Crippen molar-refractivity contribution in [2.24, 2.45) is 0 Å². The lowest BCUT2D eigenvalue weighted by Crippen LogP contribution is -2.31. The molecule has 3 aromatic rings. The summed E-state index contributed by atoms with van der Waals surface area (Å²) in [4.78, 5) is 15.3. The first-order chi connectivity index (χ1) is 11.2. The van der Waals surface area contributed by atoms with E-state index in [0.29, 0.717) is 31.8 Å². The SMILES string of the molecule is CCc1noc(C2(O)CCN(c3cnc4ccccc4n3)C2)n1. The summed E-state index contributed by atoms with van der Waals surface area (Å²) in [5, 5.41) is 14.7. The van der Waals surface area contributed by atoms with Gasteiger partial charge in [-0.1, -0.05) is 24.2 Å². The Balaban J connectivity index is 1.61. The van der Waals surface area contributed by atoms with Crippen LogP contribution < -0.4 is 4.90 Å². The van der Waals surface area contributed by atoms with Gasteiger partial charge in [0.25, 0.3) is 5.89 Å². The fourth-order valence-electron chi connectivity index (χ4n) is 2.85.